The first kappa shape index (κ1) is 22.3. The van der Waals surface area contributed by atoms with Crippen molar-refractivity contribution in [2.45, 2.75) is 13.0 Å². The quantitative estimate of drug-likeness (QED) is 0.385. The van der Waals surface area contributed by atoms with Crippen LogP contribution in [0.1, 0.15) is 18.5 Å². The van der Waals surface area contributed by atoms with Crippen LogP contribution < -0.4 is 20.9 Å². The first-order valence-corrected chi connectivity index (χ1v) is 10.6. The van der Waals surface area contributed by atoms with Crippen molar-refractivity contribution in [2.24, 2.45) is 5.92 Å². The molecular formula is C22H25FN8O2. The fraction of sp³-hybridized carbons (Fsp3) is 0.318. The van der Waals surface area contributed by atoms with Gasteiger partial charge >= 0.3 is 0 Å². The van der Waals surface area contributed by atoms with Gasteiger partial charge in [-0.3, -0.25) is 9.78 Å². The molecule has 1 fully saturated rings. The number of aliphatic hydroxyl groups excluding tert-OH is 1. The first-order valence-electron chi connectivity index (χ1n) is 10.6. The molecule has 0 aliphatic carbocycles. The van der Waals surface area contributed by atoms with E-state index in [0.717, 1.165) is 5.56 Å². The predicted molar refractivity (Wildman–Crippen MR) is 122 cm³/mol. The summed E-state index contributed by atoms with van der Waals surface area (Å²) in [4.78, 5) is 31.5. The van der Waals surface area contributed by atoms with E-state index < -0.39 is 0 Å². The second-order valence-electron chi connectivity index (χ2n) is 7.68. The fourth-order valence-corrected chi connectivity index (χ4v) is 3.40. The molecule has 1 saturated heterocycles. The molecule has 0 saturated carbocycles. The molecule has 2 aromatic heterocycles. The van der Waals surface area contributed by atoms with E-state index in [4.69, 9.17) is 5.11 Å². The summed E-state index contributed by atoms with van der Waals surface area (Å²) < 4.78 is 13.3. The molecule has 1 aromatic carbocycles. The van der Waals surface area contributed by atoms with Gasteiger partial charge in [0.05, 0.1) is 24.8 Å². The summed E-state index contributed by atoms with van der Waals surface area (Å²) in [6.07, 6.45) is 4.74. The minimum atomic E-state index is -0.296. The fourth-order valence-electron chi connectivity index (χ4n) is 3.40. The Kier molecular flexibility index (Phi) is 6.89. The Morgan fingerprint density at radius 3 is 2.70 bits per heavy atom. The molecule has 1 aliphatic rings. The van der Waals surface area contributed by atoms with Gasteiger partial charge in [-0.2, -0.15) is 9.97 Å². The normalized spacial score (nSPS) is 14.3. The van der Waals surface area contributed by atoms with E-state index in [1.165, 1.54) is 12.1 Å². The van der Waals surface area contributed by atoms with E-state index in [0.29, 0.717) is 36.5 Å². The van der Waals surface area contributed by atoms with Crippen molar-refractivity contribution in [2.75, 3.05) is 41.8 Å². The summed E-state index contributed by atoms with van der Waals surface area (Å²) in [7, 11) is 0. The molecule has 172 valence electrons. The monoisotopic (exact) mass is 452 g/mol. The Hall–Kier alpha value is -3.86. The topological polar surface area (TPSA) is 128 Å². The van der Waals surface area contributed by atoms with Crippen LogP contribution >= 0.6 is 0 Å². The van der Waals surface area contributed by atoms with Gasteiger partial charge in [0.1, 0.15) is 23.3 Å². The van der Waals surface area contributed by atoms with E-state index in [2.05, 4.69) is 35.9 Å². The Balaban J connectivity index is 1.52. The molecule has 0 radical (unpaired) electrons. The molecule has 1 aliphatic heterocycles. The highest BCUT2D eigenvalue weighted by molar-refractivity contribution is 5.82. The molecule has 11 heteroatoms. The number of nitrogens with one attached hydrogen (secondary N) is 3. The molecule has 1 amide bonds. The second kappa shape index (κ2) is 10.2. The van der Waals surface area contributed by atoms with Crippen molar-refractivity contribution < 1.29 is 14.3 Å². The van der Waals surface area contributed by atoms with Crippen LogP contribution in [0.5, 0.6) is 0 Å². The number of carbonyl (C=O) groups excluding carboxylic acids is 1. The third-order valence-corrected chi connectivity index (χ3v) is 5.23. The molecule has 3 aromatic rings. The van der Waals surface area contributed by atoms with Gasteiger partial charge in [0.25, 0.3) is 0 Å². The summed E-state index contributed by atoms with van der Waals surface area (Å²) >= 11 is 0. The largest absolute Gasteiger partial charge is 0.395 e. The molecule has 0 spiro atoms. The Bertz CT molecular complexity index is 1080. The number of benzene rings is 1. The van der Waals surface area contributed by atoms with E-state index in [9.17, 15) is 9.18 Å². The maximum absolute atomic E-state index is 13.3. The number of halogens is 1. The lowest BCUT2D eigenvalue weighted by molar-refractivity contribution is -0.125. The predicted octanol–water partition coefficient (Wildman–Crippen LogP) is 1.87. The minimum Gasteiger partial charge on any atom is -0.395 e. The Labute approximate surface area is 190 Å². The lowest BCUT2D eigenvalue weighted by atomic mass is 9.99. The van der Waals surface area contributed by atoms with E-state index in [-0.39, 0.29) is 36.8 Å². The zero-order chi connectivity index (χ0) is 23.2. The molecule has 4 rings (SSSR count). The average Bonchev–Trinajstić information content (AvgIpc) is 2.77. The van der Waals surface area contributed by atoms with Crippen molar-refractivity contribution in [1.29, 1.82) is 0 Å². The van der Waals surface area contributed by atoms with Gasteiger partial charge in [0, 0.05) is 38.1 Å². The number of hydrogen-bond acceptors (Lipinski definition) is 9. The third-order valence-electron chi connectivity index (χ3n) is 5.23. The summed E-state index contributed by atoms with van der Waals surface area (Å²) in [5.41, 5.74) is 0.887. The summed E-state index contributed by atoms with van der Waals surface area (Å²) in [6, 6.07) is 7.85. The van der Waals surface area contributed by atoms with Crippen LogP contribution in [0.25, 0.3) is 0 Å². The average molecular weight is 452 g/mol. The number of aromatic nitrogens is 4. The second-order valence-corrected chi connectivity index (χ2v) is 7.68. The van der Waals surface area contributed by atoms with Crippen molar-refractivity contribution in [3.63, 3.8) is 0 Å². The number of amides is 1. The van der Waals surface area contributed by atoms with E-state index in [1.54, 1.807) is 36.8 Å². The summed E-state index contributed by atoms with van der Waals surface area (Å²) in [6.45, 7) is 3.10. The highest BCUT2D eigenvalue weighted by Crippen LogP contribution is 2.28. The van der Waals surface area contributed by atoms with Crippen LogP contribution in [0, 0.1) is 11.7 Å². The zero-order valence-corrected chi connectivity index (χ0v) is 18.1. The molecule has 10 nitrogen and oxygen atoms in total. The van der Waals surface area contributed by atoms with E-state index >= 15 is 0 Å². The van der Waals surface area contributed by atoms with Gasteiger partial charge in [-0.1, -0.05) is 12.1 Å². The van der Waals surface area contributed by atoms with Gasteiger partial charge in [-0.15, -0.1) is 0 Å². The Morgan fingerprint density at radius 2 is 2.00 bits per heavy atom. The molecular weight excluding hydrogens is 427 g/mol. The number of rotatable bonds is 9. The van der Waals surface area contributed by atoms with Gasteiger partial charge in [-0.05, 0) is 24.6 Å². The van der Waals surface area contributed by atoms with Crippen LogP contribution in [-0.2, 0) is 4.79 Å². The van der Waals surface area contributed by atoms with E-state index in [1.807, 2.05) is 11.8 Å². The standard InChI is InChI=1S/C22H25FN8O2/c1-14(15-2-4-17(23)5-3-15)27-22-29-18(28-19-11-24-6-7-25-19)10-20(30-22)31-12-16(13-31)21(33)26-8-9-32/h2-7,10-11,14,16,32H,8-9,12-13H2,1H3,(H,26,33)(H2,25,27,28,29,30). The maximum Gasteiger partial charge on any atom is 0.227 e. The van der Waals surface area contributed by atoms with Crippen LogP contribution in [-0.4, -0.2) is 57.2 Å². The number of carbonyl (C=O) groups is 1. The lowest BCUT2D eigenvalue weighted by Crippen LogP contribution is -2.54. The highest BCUT2D eigenvalue weighted by atomic mass is 19.1. The number of anilines is 4. The molecule has 4 N–H and O–H groups in total. The SMILES string of the molecule is CC(Nc1nc(Nc2cnccn2)cc(N2CC(C(=O)NCCO)C2)n1)c1ccc(F)cc1. The summed E-state index contributed by atoms with van der Waals surface area (Å²) in [5.74, 6) is 1.52. The van der Waals surface area contributed by atoms with Crippen LogP contribution in [0.15, 0.2) is 48.9 Å². The van der Waals surface area contributed by atoms with Crippen molar-refractivity contribution in [3.8, 4) is 0 Å². The van der Waals surface area contributed by atoms with Gasteiger partial charge < -0.3 is 26.0 Å². The highest BCUT2D eigenvalue weighted by Gasteiger charge is 2.33. The molecule has 33 heavy (non-hydrogen) atoms. The third kappa shape index (κ3) is 5.69. The number of hydrogen-bond donors (Lipinski definition) is 4. The summed E-state index contributed by atoms with van der Waals surface area (Å²) in [5, 5.41) is 18.0. The molecule has 0 bridgehead atoms. The van der Waals surface area contributed by atoms with Crippen LogP contribution in [0.4, 0.5) is 27.8 Å². The lowest BCUT2D eigenvalue weighted by Gasteiger charge is -2.39. The molecule has 1 unspecified atom stereocenters. The minimum absolute atomic E-state index is 0.0875. The maximum atomic E-state index is 13.3. The first-order chi connectivity index (χ1) is 16.0. The van der Waals surface area contributed by atoms with Crippen molar-refractivity contribution in [3.05, 3.63) is 60.3 Å². The van der Waals surface area contributed by atoms with Gasteiger partial charge in [0.15, 0.2) is 0 Å². The molecule has 3 heterocycles. The Morgan fingerprint density at radius 1 is 1.21 bits per heavy atom. The smallest absolute Gasteiger partial charge is 0.227 e. The number of aliphatic hydroxyl groups is 1. The zero-order valence-electron chi connectivity index (χ0n) is 18.1. The molecule has 1 atom stereocenters. The van der Waals surface area contributed by atoms with Gasteiger partial charge in [0.2, 0.25) is 11.9 Å². The van der Waals surface area contributed by atoms with Crippen molar-refractivity contribution >= 4 is 29.3 Å². The number of nitrogens with zero attached hydrogens (tertiary/aromatic N) is 5. The van der Waals surface area contributed by atoms with Gasteiger partial charge in [-0.25, -0.2) is 9.37 Å². The van der Waals surface area contributed by atoms with Crippen LogP contribution in [0.2, 0.25) is 0 Å². The van der Waals surface area contributed by atoms with Crippen molar-refractivity contribution in [1.82, 2.24) is 25.3 Å². The van der Waals surface area contributed by atoms with Crippen LogP contribution in [0.3, 0.4) is 0 Å².